The molecular formula is C15H24N2O3S. The van der Waals surface area contributed by atoms with Crippen LogP contribution in [0, 0.1) is 5.92 Å². The first-order valence-corrected chi connectivity index (χ1v) is 8.84. The van der Waals surface area contributed by atoms with Crippen molar-refractivity contribution in [3.63, 3.8) is 0 Å². The molecular weight excluding hydrogens is 288 g/mol. The lowest BCUT2D eigenvalue weighted by atomic mass is 10.2. The highest BCUT2D eigenvalue weighted by atomic mass is 32.2. The van der Waals surface area contributed by atoms with Gasteiger partial charge in [-0.2, -0.15) is 0 Å². The molecule has 0 fully saturated rings. The predicted molar refractivity (Wildman–Crippen MR) is 85.1 cm³/mol. The molecule has 0 aliphatic heterocycles. The molecule has 0 saturated carbocycles. The zero-order valence-electron chi connectivity index (χ0n) is 12.8. The van der Waals surface area contributed by atoms with Crippen molar-refractivity contribution < 1.29 is 13.2 Å². The van der Waals surface area contributed by atoms with Gasteiger partial charge in [-0.25, -0.2) is 8.42 Å². The van der Waals surface area contributed by atoms with Gasteiger partial charge >= 0.3 is 0 Å². The quantitative estimate of drug-likeness (QED) is 0.770. The molecule has 2 N–H and O–H groups in total. The van der Waals surface area contributed by atoms with E-state index < -0.39 is 9.84 Å². The molecule has 0 heterocycles. The minimum Gasteiger partial charge on any atom is -0.383 e. The minimum atomic E-state index is -3.26. The summed E-state index contributed by atoms with van der Waals surface area (Å²) in [6.07, 6.45) is 0.313. The fourth-order valence-corrected chi connectivity index (χ4v) is 2.83. The maximum Gasteiger partial charge on any atom is 0.221 e. The van der Waals surface area contributed by atoms with Crippen molar-refractivity contribution in [1.29, 1.82) is 0 Å². The highest BCUT2D eigenvalue weighted by Crippen LogP contribution is 2.21. The van der Waals surface area contributed by atoms with E-state index in [1.54, 1.807) is 31.2 Å². The Kier molecular flexibility index (Phi) is 6.68. The Hall–Kier alpha value is -1.56. The van der Waals surface area contributed by atoms with Crippen molar-refractivity contribution in [1.82, 2.24) is 5.32 Å². The minimum absolute atomic E-state index is 0.0352. The molecule has 118 valence electrons. The summed E-state index contributed by atoms with van der Waals surface area (Å²) in [6, 6.07) is 6.77. The van der Waals surface area contributed by atoms with Crippen molar-refractivity contribution in [2.45, 2.75) is 32.1 Å². The van der Waals surface area contributed by atoms with Crippen molar-refractivity contribution in [3.8, 4) is 0 Å². The van der Waals surface area contributed by atoms with Crippen LogP contribution in [0.15, 0.2) is 29.2 Å². The first-order chi connectivity index (χ1) is 9.86. The van der Waals surface area contributed by atoms with Crippen LogP contribution in [-0.2, 0) is 14.6 Å². The predicted octanol–water partition coefficient (Wildman–Crippen LogP) is 2.05. The summed E-state index contributed by atoms with van der Waals surface area (Å²) in [4.78, 5) is 11.9. The summed E-state index contributed by atoms with van der Waals surface area (Å²) >= 11 is 0. The fourth-order valence-electron chi connectivity index (χ4n) is 1.76. The number of carbonyl (C=O) groups excluding carboxylic acids is 1. The first-order valence-electron chi connectivity index (χ1n) is 7.19. The van der Waals surface area contributed by atoms with Gasteiger partial charge in [0.1, 0.15) is 0 Å². The van der Waals surface area contributed by atoms with E-state index in [-0.39, 0.29) is 16.6 Å². The van der Waals surface area contributed by atoms with Gasteiger partial charge in [-0.3, -0.25) is 4.79 Å². The standard InChI is InChI=1S/C15H24N2O3S/c1-4-21(19,20)14-8-6-5-7-13(14)16-10-9-15(18)17-11-12(2)3/h5-8,12,16H,4,9-11H2,1-3H3,(H,17,18). The maximum absolute atomic E-state index is 12.0. The van der Waals surface area contributed by atoms with Crippen LogP contribution in [0.5, 0.6) is 0 Å². The Morgan fingerprint density at radius 2 is 1.90 bits per heavy atom. The van der Waals surface area contributed by atoms with E-state index in [1.165, 1.54) is 0 Å². The van der Waals surface area contributed by atoms with Crippen LogP contribution in [0.1, 0.15) is 27.2 Å². The van der Waals surface area contributed by atoms with Gasteiger partial charge < -0.3 is 10.6 Å². The van der Waals surface area contributed by atoms with Crippen LogP contribution in [0.25, 0.3) is 0 Å². The molecule has 0 aromatic heterocycles. The highest BCUT2D eigenvalue weighted by molar-refractivity contribution is 7.91. The zero-order chi connectivity index (χ0) is 15.9. The summed E-state index contributed by atoms with van der Waals surface area (Å²) in [7, 11) is -3.26. The molecule has 1 amide bonds. The number of carbonyl (C=O) groups is 1. The first kappa shape index (κ1) is 17.5. The number of amides is 1. The second kappa shape index (κ2) is 8.02. The summed E-state index contributed by atoms with van der Waals surface area (Å²) in [5.41, 5.74) is 0.552. The topological polar surface area (TPSA) is 75.3 Å². The lowest BCUT2D eigenvalue weighted by Crippen LogP contribution is -2.28. The zero-order valence-corrected chi connectivity index (χ0v) is 13.7. The molecule has 0 saturated heterocycles. The summed E-state index contributed by atoms with van der Waals surface area (Å²) < 4.78 is 24.0. The van der Waals surface area contributed by atoms with Crippen molar-refractivity contribution in [3.05, 3.63) is 24.3 Å². The van der Waals surface area contributed by atoms with Crippen LogP contribution in [0.3, 0.4) is 0 Å². The molecule has 0 atom stereocenters. The van der Waals surface area contributed by atoms with Gasteiger partial charge in [0.15, 0.2) is 9.84 Å². The molecule has 6 heteroatoms. The fraction of sp³-hybridized carbons (Fsp3) is 0.533. The third-order valence-electron chi connectivity index (χ3n) is 2.98. The van der Waals surface area contributed by atoms with Gasteiger partial charge in [0.25, 0.3) is 0 Å². The van der Waals surface area contributed by atoms with Gasteiger partial charge in [-0.15, -0.1) is 0 Å². The molecule has 1 aromatic carbocycles. The molecule has 1 rings (SSSR count). The number of hydrogen-bond donors (Lipinski definition) is 2. The third kappa shape index (κ3) is 5.75. The molecule has 0 aliphatic carbocycles. The average molecular weight is 312 g/mol. The van der Waals surface area contributed by atoms with Crippen molar-refractivity contribution in [2.75, 3.05) is 24.2 Å². The number of rotatable bonds is 8. The lowest BCUT2D eigenvalue weighted by Gasteiger charge is -2.12. The number of anilines is 1. The second-order valence-corrected chi connectivity index (χ2v) is 7.52. The third-order valence-corrected chi connectivity index (χ3v) is 4.76. The van der Waals surface area contributed by atoms with Crippen molar-refractivity contribution in [2.24, 2.45) is 5.92 Å². The van der Waals surface area contributed by atoms with E-state index in [0.29, 0.717) is 31.1 Å². The van der Waals surface area contributed by atoms with E-state index in [1.807, 2.05) is 13.8 Å². The summed E-state index contributed by atoms with van der Waals surface area (Å²) in [5, 5.41) is 5.86. The Morgan fingerprint density at radius 1 is 1.24 bits per heavy atom. The van der Waals surface area contributed by atoms with Crippen LogP contribution >= 0.6 is 0 Å². The number of benzene rings is 1. The average Bonchev–Trinajstić information content (AvgIpc) is 2.45. The highest BCUT2D eigenvalue weighted by Gasteiger charge is 2.15. The molecule has 0 unspecified atom stereocenters. The molecule has 0 spiro atoms. The number of sulfone groups is 1. The van der Waals surface area contributed by atoms with Crippen LogP contribution in [0.4, 0.5) is 5.69 Å². The summed E-state index contributed by atoms with van der Waals surface area (Å²) in [5.74, 6) is 0.435. The molecule has 21 heavy (non-hydrogen) atoms. The second-order valence-electron chi connectivity index (χ2n) is 5.27. The van der Waals surface area contributed by atoms with E-state index in [2.05, 4.69) is 10.6 Å². The number of hydrogen-bond acceptors (Lipinski definition) is 4. The van der Waals surface area contributed by atoms with E-state index >= 15 is 0 Å². The maximum atomic E-state index is 12.0. The Bertz CT molecular complexity index is 568. The Labute approximate surface area is 127 Å². The van der Waals surface area contributed by atoms with Crippen LogP contribution in [0.2, 0.25) is 0 Å². The lowest BCUT2D eigenvalue weighted by molar-refractivity contribution is -0.120. The van der Waals surface area contributed by atoms with E-state index in [0.717, 1.165) is 0 Å². The molecule has 0 bridgehead atoms. The molecule has 5 nitrogen and oxygen atoms in total. The SMILES string of the molecule is CCS(=O)(=O)c1ccccc1NCCC(=O)NCC(C)C. The van der Waals surface area contributed by atoms with Gasteiger partial charge in [0.05, 0.1) is 16.3 Å². The number of para-hydroxylation sites is 1. The van der Waals surface area contributed by atoms with Crippen LogP contribution < -0.4 is 10.6 Å². The largest absolute Gasteiger partial charge is 0.383 e. The Balaban J connectivity index is 2.59. The van der Waals surface area contributed by atoms with Gasteiger partial charge in [-0.1, -0.05) is 32.9 Å². The Morgan fingerprint density at radius 3 is 2.52 bits per heavy atom. The van der Waals surface area contributed by atoms with E-state index in [9.17, 15) is 13.2 Å². The van der Waals surface area contributed by atoms with Gasteiger partial charge in [0, 0.05) is 19.5 Å². The van der Waals surface area contributed by atoms with Crippen LogP contribution in [-0.4, -0.2) is 33.2 Å². The monoisotopic (exact) mass is 312 g/mol. The smallest absolute Gasteiger partial charge is 0.221 e. The molecule has 1 aromatic rings. The molecule has 0 aliphatic rings. The number of nitrogens with one attached hydrogen (secondary N) is 2. The summed E-state index contributed by atoms with van der Waals surface area (Å²) in [6.45, 7) is 6.74. The van der Waals surface area contributed by atoms with Crippen molar-refractivity contribution >= 4 is 21.4 Å². The van der Waals surface area contributed by atoms with Gasteiger partial charge in [-0.05, 0) is 18.1 Å². The van der Waals surface area contributed by atoms with E-state index in [4.69, 9.17) is 0 Å². The van der Waals surface area contributed by atoms with Gasteiger partial charge in [0.2, 0.25) is 5.91 Å². The molecule has 0 radical (unpaired) electrons. The normalized spacial score (nSPS) is 11.4.